The van der Waals surface area contributed by atoms with Crippen molar-refractivity contribution in [2.45, 2.75) is 59.5 Å². The van der Waals surface area contributed by atoms with Crippen LogP contribution in [0.2, 0.25) is 0 Å². The van der Waals surface area contributed by atoms with Gasteiger partial charge in [-0.05, 0) is 46.1 Å². The fraction of sp³-hybridized carbons (Fsp3) is 0.722. The molecule has 7 heteroatoms. The van der Waals surface area contributed by atoms with Gasteiger partial charge in [0.25, 0.3) is 0 Å². The van der Waals surface area contributed by atoms with Crippen LogP contribution < -0.4 is 10.6 Å². The molecule has 0 fully saturated rings. The number of nitrogens with one attached hydrogen (secondary N) is 2. The van der Waals surface area contributed by atoms with Crippen LogP contribution in [-0.2, 0) is 18.3 Å². The van der Waals surface area contributed by atoms with Crippen LogP contribution in [0.3, 0.4) is 0 Å². The lowest BCUT2D eigenvalue weighted by atomic mass is 10.1. The van der Waals surface area contributed by atoms with E-state index in [2.05, 4.69) is 48.4 Å². The van der Waals surface area contributed by atoms with Crippen molar-refractivity contribution in [1.82, 2.24) is 25.3 Å². The summed E-state index contributed by atoms with van der Waals surface area (Å²) in [7, 11) is 5.45. The third-order valence-electron chi connectivity index (χ3n) is 4.42. The molecule has 0 aromatic carbocycles. The van der Waals surface area contributed by atoms with Gasteiger partial charge in [-0.1, -0.05) is 6.92 Å². The number of nitrogens with zero attached hydrogens (tertiary/aromatic N) is 4. The number of hydrogen-bond acceptors (Lipinski definition) is 3. The van der Waals surface area contributed by atoms with Gasteiger partial charge in [0, 0.05) is 38.9 Å². The van der Waals surface area contributed by atoms with E-state index >= 15 is 0 Å². The lowest BCUT2D eigenvalue weighted by Gasteiger charge is -2.21. The van der Waals surface area contributed by atoms with Crippen molar-refractivity contribution < 1.29 is 4.79 Å². The Morgan fingerprint density at radius 3 is 2.32 bits per heavy atom. The summed E-state index contributed by atoms with van der Waals surface area (Å²) in [6, 6.07) is 0.459. The first-order valence-electron chi connectivity index (χ1n) is 8.92. The third kappa shape index (κ3) is 6.40. The maximum Gasteiger partial charge on any atom is 0.243 e. The highest BCUT2D eigenvalue weighted by Gasteiger charge is 2.15. The van der Waals surface area contributed by atoms with Gasteiger partial charge in [0.2, 0.25) is 5.91 Å². The summed E-state index contributed by atoms with van der Waals surface area (Å²) in [4.78, 5) is 17.8. The molecule has 1 amide bonds. The number of hydrogen-bond donors (Lipinski definition) is 2. The molecule has 0 aliphatic carbocycles. The summed E-state index contributed by atoms with van der Waals surface area (Å²) in [5, 5.41) is 11.3. The van der Waals surface area contributed by atoms with Gasteiger partial charge in [0.15, 0.2) is 5.96 Å². The average Bonchev–Trinajstić information content (AvgIpc) is 2.78. The second-order valence-electron chi connectivity index (χ2n) is 6.93. The molecule has 1 aromatic heterocycles. The van der Waals surface area contributed by atoms with Crippen LogP contribution in [0.5, 0.6) is 0 Å². The minimum atomic E-state index is -0.0168. The predicted octanol–water partition coefficient (Wildman–Crippen LogP) is 1.39. The van der Waals surface area contributed by atoms with E-state index in [0.717, 1.165) is 18.5 Å². The molecule has 7 nitrogen and oxygen atoms in total. The molecule has 0 radical (unpaired) electrons. The molecule has 1 rings (SSSR count). The van der Waals surface area contributed by atoms with Crippen molar-refractivity contribution in [2.24, 2.45) is 12.0 Å². The molecule has 2 atom stereocenters. The Bertz CT molecular complexity index is 605. The van der Waals surface area contributed by atoms with Crippen LogP contribution >= 0.6 is 0 Å². The molecule has 2 N–H and O–H groups in total. The average molecular weight is 351 g/mol. The summed E-state index contributed by atoms with van der Waals surface area (Å²) in [6.07, 6.45) is 1.84. The van der Waals surface area contributed by atoms with E-state index in [1.165, 1.54) is 11.3 Å². The van der Waals surface area contributed by atoms with E-state index in [-0.39, 0.29) is 24.5 Å². The Balaban J connectivity index is 2.81. The number of carbonyl (C=O) groups excluding carboxylic acids is 1. The maximum atomic E-state index is 11.8. The maximum absolute atomic E-state index is 11.8. The van der Waals surface area contributed by atoms with Crippen LogP contribution in [0.4, 0.5) is 0 Å². The highest BCUT2D eigenvalue weighted by atomic mass is 16.2. The molecule has 142 valence electrons. The van der Waals surface area contributed by atoms with Crippen molar-refractivity contribution in [3.05, 3.63) is 17.0 Å². The standard InChI is InChI=1S/C18H34N6O/c1-9-12(2)20-18(19-11-17(25)23(6)7)21-13(3)10-16-14(4)22-24(8)15(16)5/h12-13H,9-11H2,1-8H3,(H2,19,20,21). The zero-order valence-electron chi connectivity index (χ0n) is 17.0. The monoisotopic (exact) mass is 350 g/mol. The first-order valence-corrected chi connectivity index (χ1v) is 8.92. The van der Waals surface area contributed by atoms with Crippen LogP contribution in [0.25, 0.3) is 0 Å². The Morgan fingerprint density at radius 2 is 1.84 bits per heavy atom. The lowest BCUT2D eigenvalue weighted by molar-refractivity contribution is -0.127. The summed E-state index contributed by atoms with van der Waals surface area (Å²) in [6.45, 7) is 10.6. The summed E-state index contributed by atoms with van der Waals surface area (Å²) < 4.78 is 1.92. The molecule has 1 heterocycles. The fourth-order valence-corrected chi connectivity index (χ4v) is 2.46. The molecule has 0 bridgehead atoms. The number of carbonyl (C=O) groups is 1. The predicted molar refractivity (Wildman–Crippen MR) is 103 cm³/mol. The van der Waals surface area contributed by atoms with E-state index in [4.69, 9.17) is 0 Å². The molecule has 0 saturated heterocycles. The Labute approximate surface area is 151 Å². The van der Waals surface area contributed by atoms with Crippen LogP contribution in [-0.4, -0.2) is 59.3 Å². The van der Waals surface area contributed by atoms with Gasteiger partial charge in [-0.25, -0.2) is 4.99 Å². The third-order valence-corrected chi connectivity index (χ3v) is 4.42. The van der Waals surface area contributed by atoms with E-state index in [9.17, 15) is 4.79 Å². The lowest BCUT2D eigenvalue weighted by Crippen LogP contribution is -2.46. The van der Waals surface area contributed by atoms with Crippen molar-refractivity contribution in [3.63, 3.8) is 0 Å². The van der Waals surface area contributed by atoms with Crippen molar-refractivity contribution in [2.75, 3.05) is 20.6 Å². The number of likely N-dealkylation sites (N-methyl/N-ethyl adjacent to an activating group) is 1. The quantitative estimate of drug-likeness (QED) is 0.576. The second kappa shape index (κ2) is 9.44. The molecule has 25 heavy (non-hydrogen) atoms. The Hall–Kier alpha value is -2.05. The first kappa shape index (κ1) is 21.0. The van der Waals surface area contributed by atoms with Gasteiger partial charge in [-0.15, -0.1) is 0 Å². The molecule has 2 unspecified atom stereocenters. The number of aryl methyl sites for hydroxylation is 2. The number of aliphatic imine (C=N–C) groups is 1. The van der Waals surface area contributed by atoms with Crippen molar-refractivity contribution in [3.8, 4) is 0 Å². The highest BCUT2D eigenvalue weighted by molar-refractivity contribution is 5.85. The van der Waals surface area contributed by atoms with Gasteiger partial charge >= 0.3 is 0 Å². The van der Waals surface area contributed by atoms with E-state index in [1.54, 1.807) is 19.0 Å². The summed E-state index contributed by atoms with van der Waals surface area (Å²) >= 11 is 0. The molecule has 1 aromatic rings. The molecule has 0 aliphatic rings. The van der Waals surface area contributed by atoms with Gasteiger partial charge in [-0.2, -0.15) is 5.10 Å². The number of guanidine groups is 1. The minimum Gasteiger partial charge on any atom is -0.354 e. The zero-order chi connectivity index (χ0) is 19.1. The number of rotatable bonds is 7. The molecule has 0 saturated carbocycles. The minimum absolute atomic E-state index is 0.0168. The number of aromatic nitrogens is 2. The van der Waals surface area contributed by atoms with E-state index in [0.29, 0.717) is 5.96 Å². The van der Waals surface area contributed by atoms with E-state index in [1.807, 2.05) is 18.7 Å². The summed E-state index contributed by atoms with van der Waals surface area (Å²) in [5.41, 5.74) is 3.50. The van der Waals surface area contributed by atoms with Crippen molar-refractivity contribution in [1.29, 1.82) is 0 Å². The topological polar surface area (TPSA) is 74.6 Å². The van der Waals surface area contributed by atoms with Gasteiger partial charge in [0.05, 0.1) is 5.69 Å². The SMILES string of the molecule is CCC(C)NC(=NCC(=O)N(C)C)NC(C)Cc1c(C)nn(C)c1C. The normalized spacial score (nSPS) is 14.2. The smallest absolute Gasteiger partial charge is 0.243 e. The molecule has 0 aliphatic heterocycles. The van der Waals surface area contributed by atoms with Crippen molar-refractivity contribution >= 4 is 11.9 Å². The zero-order valence-corrected chi connectivity index (χ0v) is 17.0. The summed E-state index contributed by atoms with van der Waals surface area (Å²) in [5.74, 6) is 0.660. The highest BCUT2D eigenvalue weighted by Crippen LogP contribution is 2.14. The Morgan fingerprint density at radius 1 is 1.24 bits per heavy atom. The molecular weight excluding hydrogens is 316 g/mol. The second-order valence-corrected chi connectivity index (χ2v) is 6.93. The van der Waals surface area contributed by atoms with Crippen LogP contribution in [0, 0.1) is 13.8 Å². The Kier molecular flexibility index (Phi) is 7.93. The molecular formula is C18H34N6O. The number of amides is 1. The molecule has 0 spiro atoms. The van der Waals surface area contributed by atoms with Gasteiger partial charge in [-0.3, -0.25) is 9.48 Å². The van der Waals surface area contributed by atoms with E-state index < -0.39 is 0 Å². The van der Waals surface area contributed by atoms with Gasteiger partial charge in [0.1, 0.15) is 6.54 Å². The first-order chi connectivity index (χ1) is 11.6. The largest absolute Gasteiger partial charge is 0.354 e. The van der Waals surface area contributed by atoms with Gasteiger partial charge < -0.3 is 15.5 Å². The van der Waals surface area contributed by atoms with Crippen LogP contribution in [0.15, 0.2) is 4.99 Å². The van der Waals surface area contributed by atoms with Crippen LogP contribution in [0.1, 0.15) is 44.1 Å². The fourth-order valence-electron chi connectivity index (χ4n) is 2.46.